The fraction of sp³-hybridized carbons (Fsp3) is 0.444. The third kappa shape index (κ3) is 1.66. The molecule has 0 aliphatic carbocycles. The maximum absolute atomic E-state index is 4.25. The number of rotatable bonds is 0. The minimum Gasteiger partial charge on any atom is -0.363 e. The molecule has 0 unspecified atom stereocenters. The second kappa shape index (κ2) is 3.98. The molecule has 0 saturated heterocycles. The Hall–Kier alpha value is -1.45. The molecule has 4 nitrogen and oxygen atoms in total. The van der Waals surface area contributed by atoms with E-state index in [9.17, 15) is 0 Å². The Morgan fingerprint density at radius 1 is 1.38 bits per heavy atom. The highest BCUT2D eigenvalue weighted by atomic mass is 15.6. The number of fused-ring (bicyclic) bond motifs is 1. The highest BCUT2D eigenvalue weighted by Crippen LogP contribution is 2.19. The molecular weight excluding hydrogens is 164 g/mol. The number of hydrogen-bond donors (Lipinski definition) is 1. The molecule has 0 amide bonds. The Morgan fingerprint density at radius 2 is 2.08 bits per heavy atom. The first kappa shape index (κ1) is 9.64. The number of amidine groups is 1. The van der Waals surface area contributed by atoms with Crippen LogP contribution >= 0.6 is 0 Å². The van der Waals surface area contributed by atoms with E-state index in [0.717, 1.165) is 11.7 Å². The van der Waals surface area contributed by atoms with Gasteiger partial charge in [-0.3, -0.25) is 4.90 Å². The van der Waals surface area contributed by atoms with Crippen molar-refractivity contribution in [1.29, 1.82) is 0 Å². The first-order chi connectivity index (χ1) is 6.29. The summed E-state index contributed by atoms with van der Waals surface area (Å²) in [6, 6.07) is 0. The Morgan fingerprint density at radius 3 is 2.69 bits per heavy atom. The van der Waals surface area contributed by atoms with E-state index in [0.29, 0.717) is 0 Å². The lowest BCUT2D eigenvalue weighted by Gasteiger charge is -2.20. The lowest BCUT2D eigenvalue weighted by molar-refractivity contribution is 0.404. The van der Waals surface area contributed by atoms with Crippen LogP contribution in [0.5, 0.6) is 0 Å². The summed E-state index contributed by atoms with van der Waals surface area (Å²) in [6.07, 6.45) is 5.75. The van der Waals surface area contributed by atoms with Crippen molar-refractivity contribution in [2.45, 2.75) is 20.8 Å². The van der Waals surface area contributed by atoms with Gasteiger partial charge in [0.2, 0.25) is 0 Å². The monoisotopic (exact) mass is 180 g/mol. The summed E-state index contributed by atoms with van der Waals surface area (Å²) in [7, 11) is 1.93. The van der Waals surface area contributed by atoms with Gasteiger partial charge in [0.25, 0.3) is 0 Å². The van der Waals surface area contributed by atoms with Crippen molar-refractivity contribution in [2.75, 3.05) is 7.05 Å². The van der Waals surface area contributed by atoms with Crippen molar-refractivity contribution in [2.24, 2.45) is 5.10 Å². The Kier molecular flexibility index (Phi) is 2.95. The van der Waals surface area contributed by atoms with Gasteiger partial charge in [0.1, 0.15) is 5.84 Å². The number of nitrogens with one attached hydrogen (secondary N) is 1. The molecule has 0 aromatic heterocycles. The fourth-order valence-corrected chi connectivity index (χ4v) is 1.23. The number of hydrazone groups is 1. The van der Waals surface area contributed by atoms with E-state index in [1.54, 1.807) is 0 Å². The molecule has 2 aliphatic heterocycles. The summed E-state index contributed by atoms with van der Waals surface area (Å²) >= 11 is 0. The molecular formula is C9H16N4. The molecule has 13 heavy (non-hydrogen) atoms. The summed E-state index contributed by atoms with van der Waals surface area (Å²) < 4.78 is 0. The number of hydrogen-bond acceptors (Lipinski definition) is 4. The van der Waals surface area contributed by atoms with E-state index >= 15 is 0 Å². The SMILES string of the molecule is CC.CC1=NN(C)C2=CNC=CN21. The zero-order valence-electron chi connectivity index (χ0n) is 8.57. The van der Waals surface area contributed by atoms with Crippen molar-refractivity contribution in [3.8, 4) is 0 Å². The van der Waals surface area contributed by atoms with Crippen LogP contribution in [0.2, 0.25) is 0 Å². The molecule has 0 aromatic carbocycles. The summed E-state index contributed by atoms with van der Waals surface area (Å²) in [4.78, 5) is 2.02. The zero-order chi connectivity index (χ0) is 9.84. The average Bonchev–Trinajstić information content (AvgIpc) is 2.47. The van der Waals surface area contributed by atoms with Crippen LogP contribution in [0, 0.1) is 0 Å². The van der Waals surface area contributed by atoms with Crippen LogP contribution in [0.4, 0.5) is 0 Å². The van der Waals surface area contributed by atoms with Gasteiger partial charge in [0.15, 0.2) is 5.82 Å². The largest absolute Gasteiger partial charge is 0.363 e. The topological polar surface area (TPSA) is 30.9 Å². The minimum atomic E-state index is 0.997. The van der Waals surface area contributed by atoms with E-state index in [1.165, 1.54) is 0 Å². The summed E-state index contributed by atoms with van der Waals surface area (Å²) in [5.74, 6) is 2.06. The molecule has 72 valence electrons. The van der Waals surface area contributed by atoms with E-state index in [2.05, 4.69) is 10.4 Å². The van der Waals surface area contributed by atoms with Gasteiger partial charge in [-0.15, -0.1) is 0 Å². The molecule has 2 aliphatic rings. The highest BCUT2D eigenvalue weighted by molar-refractivity contribution is 5.84. The van der Waals surface area contributed by atoms with Crippen LogP contribution in [-0.2, 0) is 0 Å². The Balaban J connectivity index is 0.000000396. The van der Waals surface area contributed by atoms with Crippen LogP contribution in [0.25, 0.3) is 0 Å². The lowest BCUT2D eigenvalue weighted by Crippen LogP contribution is -2.25. The van der Waals surface area contributed by atoms with Gasteiger partial charge in [0.05, 0.1) is 0 Å². The standard InChI is InChI=1S/C7H10N4.C2H6/c1-6-9-10(2)7-5-8-3-4-11(6)7;1-2/h3-5,8H,1-2H3;1-2H3. The molecule has 0 bridgehead atoms. The molecule has 4 heteroatoms. The van der Waals surface area contributed by atoms with Gasteiger partial charge in [-0.05, 0) is 6.92 Å². The molecule has 0 aromatic rings. The van der Waals surface area contributed by atoms with Crippen molar-refractivity contribution >= 4 is 5.84 Å². The molecule has 0 atom stereocenters. The Bertz CT molecular complexity index is 265. The summed E-state index contributed by atoms with van der Waals surface area (Å²) in [5.41, 5.74) is 0. The van der Waals surface area contributed by atoms with Crippen LogP contribution < -0.4 is 5.32 Å². The summed E-state index contributed by atoms with van der Waals surface area (Å²) in [6.45, 7) is 5.98. The maximum atomic E-state index is 4.25. The minimum absolute atomic E-state index is 0.997. The molecule has 1 N–H and O–H groups in total. The van der Waals surface area contributed by atoms with E-state index in [4.69, 9.17) is 0 Å². The van der Waals surface area contributed by atoms with Crippen molar-refractivity contribution in [1.82, 2.24) is 15.2 Å². The summed E-state index contributed by atoms with van der Waals surface area (Å²) in [5, 5.41) is 9.10. The van der Waals surface area contributed by atoms with Gasteiger partial charge in [-0.2, -0.15) is 5.10 Å². The fourth-order valence-electron chi connectivity index (χ4n) is 1.23. The Labute approximate surface area is 79.2 Å². The quantitative estimate of drug-likeness (QED) is 0.612. The van der Waals surface area contributed by atoms with Gasteiger partial charge >= 0.3 is 0 Å². The maximum Gasteiger partial charge on any atom is 0.150 e. The predicted octanol–water partition coefficient (Wildman–Crippen LogP) is 1.47. The first-order valence-electron chi connectivity index (χ1n) is 4.50. The smallest absolute Gasteiger partial charge is 0.150 e. The third-order valence-electron chi connectivity index (χ3n) is 1.75. The third-order valence-corrected chi connectivity index (χ3v) is 1.75. The van der Waals surface area contributed by atoms with Crippen molar-refractivity contribution in [3.63, 3.8) is 0 Å². The zero-order valence-corrected chi connectivity index (χ0v) is 8.57. The average molecular weight is 180 g/mol. The molecule has 0 fully saturated rings. The van der Waals surface area contributed by atoms with Crippen LogP contribution in [0.1, 0.15) is 20.8 Å². The van der Waals surface area contributed by atoms with Gasteiger partial charge in [-0.25, -0.2) is 5.01 Å². The molecule has 0 spiro atoms. The van der Waals surface area contributed by atoms with Gasteiger partial charge in [-0.1, -0.05) is 13.8 Å². The van der Waals surface area contributed by atoms with Crippen LogP contribution in [-0.4, -0.2) is 22.8 Å². The van der Waals surface area contributed by atoms with Crippen molar-refractivity contribution < 1.29 is 0 Å². The van der Waals surface area contributed by atoms with E-state index in [-0.39, 0.29) is 0 Å². The lowest BCUT2D eigenvalue weighted by atomic mass is 10.5. The second-order valence-electron chi connectivity index (χ2n) is 2.53. The van der Waals surface area contributed by atoms with Gasteiger partial charge in [0, 0.05) is 25.6 Å². The predicted molar refractivity (Wildman–Crippen MR) is 54.4 cm³/mol. The van der Waals surface area contributed by atoms with Gasteiger partial charge < -0.3 is 5.32 Å². The molecule has 2 heterocycles. The molecule has 2 rings (SSSR count). The van der Waals surface area contributed by atoms with Crippen LogP contribution in [0.15, 0.2) is 29.5 Å². The highest BCUT2D eigenvalue weighted by Gasteiger charge is 2.22. The molecule has 0 radical (unpaired) electrons. The van der Waals surface area contributed by atoms with Crippen LogP contribution in [0.3, 0.4) is 0 Å². The first-order valence-corrected chi connectivity index (χ1v) is 4.50. The van der Waals surface area contributed by atoms with E-state index in [1.807, 2.05) is 56.3 Å². The van der Waals surface area contributed by atoms with E-state index < -0.39 is 0 Å². The normalized spacial score (nSPS) is 18.2. The number of nitrogens with zero attached hydrogens (tertiary/aromatic N) is 3. The molecule has 0 saturated carbocycles. The second-order valence-corrected chi connectivity index (χ2v) is 2.53. The van der Waals surface area contributed by atoms with Crippen molar-refractivity contribution in [3.05, 3.63) is 24.4 Å².